The van der Waals surface area contributed by atoms with Crippen LogP contribution in [0.3, 0.4) is 0 Å². The van der Waals surface area contributed by atoms with Crippen LogP contribution in [0.2, 0.25) is 0 Å². The van der Waals surface area contributed by atoms with E-state index in [4.69, 9.17) is 0 Å². The highest BCUT2D eigenvalue weighted by Gasteiger charge is 2.37. The molecule has 0 radical (unpaired) electrons. The SMILES string of the molecule is CCCCC(=O)N1CC(C(C)C)NCC1(C)C. The van der Waals surface area contributed by atoms with Gasteiger partial charge in [0.2, 0.25) is 5.91 Å². The van der Waals surface area contributed by atoms with Crippen LogP contribution >= 0.6 is 0 Å². The number of carbonyl (C=O) groups is 1. The first-order valence-corrected chi connectivity index (χ1v) is 6.92. The Morgan fingerprint density at radius 1 is 1.47 bits per heavy atom. The number of hydrogen-bond acceptors (Lipinski definition) is 2. The van der Waals surface area contributed by atoms with Crippen molar-refractivity contribution in [2.75, 3.05) is 13.1 Å². The highest BCUT2D eigenvalue weighted by molar-refractivity contribution is 5.77. The molecule has 1 amide bonds. The molecule has 3 nitrogen and oxygen atoms in total. The Hall–Kier alpha value is -0.570. The molecule has 1 N–H and O–H groups in total. The van der Waals surface area contributed by atoms with Gasteiger partial charge in [-0.1, -0.05) is 27.2 Å². The minimum atomic E-state index is -0.0454. The number of carbonyl (C=O) groups excluding carboxylic acids is 1. The van der Waals surface area contributed by atoms with Gasteiger partial charge in [-0.3, -0.25) is 4.79 Å². The normalized spacial score (nSPS) is 24.1. The second-order valence-corrected chi connectivity index (χ2v) is 6.15. The van der Waals surface area contributed by atoms with Gasteiger partial charge >= 0.3 is 0 Å². The smallest absolute Gasteiger partial charge is 0.223 e. The minimum absolute atomic E-state index is 0.0454. The molecule has 1 aliphatic rings. The summed E-state index contributed by atoms with van der Waals surface area (Å²) in [6, 6.07) is 0.439. The van der Waals surface area contributed by atoms with Crippen LogP contribution in [0.15, 0.2) is 0 Å². The van der Waals surface area contributed by atoms with Crippen molar-refractivity contribution in [3.05, 3.63) is 0 Å². The monoisotopic (exact) mass is 240 g/mol. The second kappa shape index (κ2) is 5.85. The van der Waals surface area contributed by atoms with Crippen molar-refractivity contribution in [3.8, 4) is 0 Å². The van der Waals surface area contributed by atoms with Crippen molar-refractivity contribution in [1.82, 2.24) is 10.2 Å². The standard InChI is InChI=1S/C14H28N2O/c1-6-7-8-13(17)16-9-12(11(2)3)15-10-14(16,4)5/h11-12,15H,6-10H2,1-5H3. The van der Waals surface area contributed by atoms with Crippen LogP contribution in [0.5, 0.6) is 0 Å². The maximum absolute atomic E-state index is 12.2. The molecule has 0 aromatic carbocycles. The lowest BCUT2D eigenvalue weighted by atomic mass is 9.92. The van der Waals surface area contributed by atoms with Gasteiger partial charge in [-0.25, -0.2) is 0 Å². The fraction of sp³-hybridized carbons (Fsp3) is 0.929. The van der Waals surface area contributed by atoms with Crippen LogP contribution in [-0.4, -0.2) is 35.5 Å². The largest absolute Gasteiger partial charge is 0.335 e. The summed E-state index contributed by atoms with van der Waals surface area (Å²) in [6.45, 7) is 12.6. The Balaban J connectivity index is 2.67. The lowest BCUT2D eigenvalue weighted by Gasteiger charge is -2.47. The summed E-state index contributed by atoms with van der Waals surface area (Å²) in [6.07, 6.45) is 2.79. The van der Waals surface area contributed by atoms with E-state index in [1.54, 1.807) is 0 Å². The third-order valence-electron chi connectivity index (χ3n) is 3.76. The number of hydrogen-bond donors (Lipinski definition) is 1. The van der Waals surface area contributed by atoms with E-state index in [1.807, 2.05) is 0 Å². The summed E-state index contributed by atoms with van der Waals surface area (Å²) in [5.41, 5.74) is -0.0454. The summed E-state index contributed by atoms with van der Waals surface area (Å²) in [7, 11) is 0. The van der Waals surface area contributed by atoms with E-state index in [9.17, 15) is 4.79 Å². The Kier molecular flexibility index (Phi) is 4.99. The fourth-order valence-corrected chi connectivity index (χ4v) is 2.33. The van der Waals surface area contributed by atoms with Gasteiger partial charge in [-0.05, 0) is 26.2 Å². The van der Waals surface area contributed by atoms with Gasteiger partial charge in [0.25, 0.3) is 0 Å². The molecular formula is C14H28N2O. The summed E-state index contributed by atoms with van der Waals surface area (Å²) >= 11 is 0. The molecule has 1 unspecified atom stereocenters. The second-order valence-electron chi connectivity index (χ2n) is 6.15. The lowest BCUT2D eigenvalue weighted by Crippen LogP contribution is -2.64. The zero-order chi connectivity index (χ0) is 13.1. The number of piperazine rings is 1. The Bertz CT molecular complexity index is 261. The van der Waals surface area contributed by atoms with Crippen LogP contribution < -0.4 is 5.32 Å². The minimum Gasteiger partial charge on any atom is -0.335 e. The number of nitrogens with zero attached hydrogens (tertiary/aromatic N) is 1. The van der Waals surface area contributed by atoms with E-state index in [1.165, 1.54) is 0 Å². The molecule has 0 aromatic heterocycles. The third-order valence-corrected chi connectivity index (χ3v) is 3.76. The molecule has 3 heteroatoms. The predicted molar refractivity (Wildman–Crippen MR) is 71.9 cm³/mol. The van der Waals surface area contributed by atoms with E-state index in [0.717, 1.165) is 25.9 Å². The summed E-state index contributed by atoms with van der Waals surface area (Å²) < 4.78 is 0. The van der Waals surface area contributed by atoms with Crippen LogP contribution in [-0.2, 0) is 4.79 Å². The molecule has 0 spiro atoms. The van der Waals surface area contributed by atoms with Gasteiger partial charge in [0.1, 0.15) is 0 Å². The molecule has 1 aliphatic heterocycles. The highest BCUT2D eigenvalue weighted by atomic mass is 16.2. The van der Waals surface area contributed by atoms with Gasteiger partial charge in [0.15, 0.2) is 0 Å². The van der Waals surface area contributed by atoms with E-state index in [2.05, 4.69) is 44.8 Å². The molecular weight excluding hydrogens is 212 g/mol. The zero-order valence-corrected chi connectivity index (χ0v) is 12.0. The molecule has 0 bridgehead atoms. The molecule has 1 atom stereocenters. The van der Waals surface area contributed by atoms with E-state index in [0.29, 0.717) is 24.3 Å². The summed E-state index contributed by atoms with van der Waals surface area (Å²) in [5, 5.41) is 3.56. The molecule has 0 aromatic rings. The van der Waals surface area contributed by atoms with Gasteiger partial charge < -0.3 is 10.2 Å². The molecule has 1 fully saturated rings. The van der Waals surface area contributed by atoms with E-state index < -0.39 is 0 Å². The van der Waals surface area contributed by atoms with Crippen LogP contribution in [0, 0.1) is 5.92 Å². The lowest BCUT2D eigenvalue weighted by molar-refractivity contribution is -0.139. The molecule has 17 heavy (non-hydrogen) atoms. The third kappa shape index (κ3) is 3.70. The predicted octanol–water partition coefficient (Wildman–Crippen LogP) is 2.41. The topological polar surface area (TPSA) is 32.3 Å². The quantitative estimate of drug-likeness (QED) is 0.818. The fourth-order valence-electron chi connectivity index (χ4n) is 2.33. The maximum Gasteiger partial charge on any atom is 0.223 e. The van der Waals surface area contributed by atoms with Crippen LogP contribution in [0.25, 0.3) is 0 Å². The summed E-state index contributed by atoms with van der Waals surface area (Å²) in [5.74, 6) is 0.900. The van der Waals surface area contributed by atoms with Crippen molar-refractivity contribution in [2.24, 2.45) is 5.92 Å². The number of amides is 1. The summed E-state index contributed by atoms with van der Waals surface area (Å²) in [4.78, 5) is 14.3. The Morgan fingerprint density at radius 3 is 2.65 bits per heavy atom. The molecule has 1 rings (SSSR count). The number of nitrogens with one attached hydrogen (secondary N) is 1. The van der Waals surface area contributed by atoms with Crippen LogP contribution in [0.4, 0.5) is 0 Å². The van der Waals surface area contributed by atoms with Gasteiger partial charge in [0.05, 0.1) is 0 Å². The molecule has 1 heterocycles. The molecule has 0 saturated carbocycles. The van der Waals surface area contributed by atoms with Crippen molar-refractivity contribution in [1.29, 1.82) is 0 Å². The first-order chi connectivity index (χ1) is 7.88. The Morgan fingerprint density at radius 2 is 2.12 bits per heavy atom. The number of unbranched alkanes of at least 4 members (excludes halogenated alkanes) is 1. The molecule has 1 saturated heterocycles. The Labute approximate surface area is 106 Å². The van der Waals surface area contributed by atoms with Gasteiger partial charge in [-0.15, -0.1) is 0 Å². The maximum atomic E-state index is 12.2. The first kappa shape index (κ1) is 14.5. The molecule has 100 valence electrons. The number of rotatable bonds is 4. The van der Waals surface area contributed by atoms with Crippen molar-refractivity contribution >= 4 is 5.91 Å². The van der Waals surface area contributed by atoms with Crippen molar-refractivity contribution < 1.29 is 4.79 Å². The van der Waals surface area contributed by atoms with Crippen LogP contribution in [0.1, 0.15) is 53.9 Å². The zero-order valence-electron chi connectivity index (χ0n) is 12.0. The molecule has 0 aliphatic carbocycles. The first-order valence-electron chi connectivity index (χ1n) is 6.92. The van der Waals surface area contributed by atoms with E-state index >= 15 is 0 Å². The average molecular weight is 240 g/mol. The van der Waals surface area contributed by atoms with Crippen molar-refractivity contribution in [2.45, 2.75) is 65.5 Å². The van der Waals surface area contributed by atoms with Crippen molar-refractivity contribution in [3.63, 3.8) is 0 Å². The average Bonchev–Trinajstić information content (AvgIpc) is 2.25. The highest BCUT2D eigenvalue weighted by Crippen LogP contribution is 2.22. The van der Waals surface area contributed by atoms with Gasteiger partial charge in [-0.2, -0.15) is 0 Å². The van der Waals surface area contributed by atoms with Gasteiger partial charge in [0, 0.05) is 31.1 Å². The van der Waals surface area contributed by atoms with E-state index in [-0.39, 0.29) is 5.54 Å².